The Kier molecular flexibility index (Phi) is 5.06. The highest BCUT2D eigenvalue weighted by Gasteiger charge is 2.08. The summed E-state index contributed by atoms with van der Waals surface area (Å²) in [7, 11) is 1.62. The first-order chi connectivity index (χ1) is 10.1. The van der Waals surface area contributed by atoms with Crippen molar-refractivity contribution in [2.45, 2.75) is 6.42 Å². The van der Waals surface area contributed by atoms with Crippen LogP contribution in [0.1, 0.15) is 15.9 Å². The lowest BCUT2D eigenvalue weighted by Gasteiger charge is -2.09. The Bertz CT molecular complexity index is 640. The van der Waals surface area contributed by atoms with Gasteiger partial charge in [-0.2, -0.15) is 0 Å². The fraction of sp³-hybridized carbons (Fsp3) is 0.188. The number of carbonyl (C=O) groups is 1. The van der Waals surface area contributed by atoms with Crippen LogP contribution in [0.15, 0.2) is 42.5 Å². The monoisotopic (exact) mass is 306 g/mol. The largest absolute Gasteiger partial charge is 0.497 e. The Labute approximate surface area is 127 Å². The van der Waals surface area contributed by atoms with Crippen molar-refractivity contribution >= 4 is 17.6 Å². The summed E-state index contributed by atoms with van der Waals surface area (Å²) < 4.78 is 10.7. The third kappa shape index (κ3) is 4.13. The van der Waals surface area contributed by atoms with Gasteiger partial charge in [0.25, 0.3) is 0 Å². The van der Waals surface area contributed by atoms with Crippen LogP contribution in [0.2, 0.25) is 5.02 Å². The van der Waals surface area contributed by atoms with Gasteiger partial charge in [-0.25, -0.2) is 4.79 Å². The van der Waals surface area contributed by atoms with Gasteiger partial charge >= 0.3 is 5.97 Å². The van der Waals surface area contributed by atoms with E-state index in [0.717, 1.165) is 11.3 Å². The molecule has 2 aromatic carbocycles. The van der Waals surface area contributed by atoms with Crippen molar-refractivity contribution in [2.75, 3.05) is 13.7 Å². The molecule has 0 saturated carbocycles. The van der Waals surface area contributed by atoms with Crippen LogP contribution in [-0.4, -0.2) is 24.8 Å². The summed E-state index contributed by atoms with van der Waals surface area (Å²) in [5.41, 5.74) is 1.22. The Morgan fingerprint density at radius 1 is 1.24 bits per heavy atom. The van der Waals surface area contributed by atoms with Gasteiger partial charge in [-0.05, 0) is 35.9 Å². The predicted molar refractivity (Wildman–Crippen MR) is 80.6 cm³/mol. The van der Waals surface area contributed by atoms with Gasteiger partial charge in [0.15, 0.2) is 0 Å². The molecule has 0 aliphatic carbocycles. The van der Waals surface area contributed by atoms with E-state index in [2.05, 4.69) is 0 Å². The SMILES string of the molecule is COc1cccc(CCOc2cc(C(=O)O)ccc2Cl)c1. The van der Waals surface area contributed by atoms with E-state index >= 15 is 0 Å². The van der Waals surface area contributed by atoms with E-state index < -0.39 is 5.97 Å². The smallest absolute Gasteiger partial charge is 0.335 e. The molecule has 2 rings (SSSR count). The molecule has 0 radical (unpaired) electrons. The lowest BCUT2D eigenvalue weighted by molar-refractivity contribution is 0.0696. The topological polar surface area (TPSA) is 55.8 Å². The Hall–Kier alpha value is -2.20. The van der Waals surface area contributed by atoms with Gasteiger partial charge in [-0.3, -0.25) is 0 Å². The zero-order valence-electron chi connectivity index (χ0n) is 11.5. The van der Waals surface area contributed by atoms with E-state index in [9.17, 15) is 4.79 Å². The number of aromatic carboxylic acids is 1. The van der Waals surface area contributed by atoms with Gasteiger partial charge in [0.1, 0.15) is 11.5 Å². The predicted octanol–water partition coefficient (Wildman–Crippen LogP) is 3.67. The van der Waals surface area contributed by atoms with E-state index in [1.807, 2.05) is 24.3 Å². The summed E-state index contributed by atoms with van der Waals surface area (Å²) in [4.78, 5) is 10.9. The third-order valence-corrected chi connectivity index (χ3v) is 3.27. The molecule has 5 heteroatoms. The van der Waals surface area contributed by atoms with Gasteiger partial charge < -0.3 is 14.6 Å². The number of ether oxygens (including phenoxy) is 2. The molecule has 1 N–H and O–H groups in total. The van der Waals surface area contributed by atoms with Gasteiger partial charge in [0.2, 0.25) is 0 Å². The Morgan fingerprint density at radius 2 is 2.05 bits per heavy atom. The molecule has 21 heavy (non-hydrogen) atoms. The van der Waals surface area contributed by atoms with Crippen LogP contribution < -0.4 is 9.47 Å². The van der Waals surface area contributed by atoms with Crippen molar-refractivity contribution in [1.29, 1.82) is 0 Å². The minimum Gasteiger partial charge on any atom is -0.497 e. The Morgan fingerprint density at radius 3 is 2.76 bits per heavy atom. The molecule has 0 heterocycles. The van der Waals surface area contributed by atoms with E-state index in [0.29, 0.717) is 23.8 Å². The maximum Gasteiger partial charge on any atom is 0.335 e. The van der Waals surface area contributed by atoms with Gasteiger partial charge in [0.05, 0.1) is 24.3 Å². The highest BCUT2D eigenvalue weighted by molar-refractivity contribution is 6.32. The van der Waals surface area contributed by atoms with E-state index in [1.54, 1.807) is 7.11 Å². The molecule has 0 aromatic heterocycles. The van der Waals surface area contributed by atoms with Gasteiger partial charge in [-0.1, -0.05) is 23.7 Å². The number of hydrogen-bond acceptors (Lipinski definition) is 3. The average molecular weight is 307 g/mol. The fourth-order valence-electron chi connectivity index (χ4n) is 1.85. The number of rotatable bonds is 6. The molecule has 0 atom stereocenters. The normalized spacial score (nSPS) is 10.2. The standard InChI is InChI=1S/C16H15ClO4/c1-20-13-4-2-3-11(9-13)7-8-21-15-10-12(16(18)19)5-6-14(15)17/h2-6,9-10H,7-8H2,1H3,(H,18,19). The van der Waals surface area contributed by atoms with Crippen molar-refractivity contribution in [3.05, 3.63) is 58.6 Å². The average Bonchev–Trinajstić information content (AvgIpc) is 2.49. The fourth-order valence-corrected chi connectivity index (χ4v) is 2.03. The lowest BCUT2D eigenvalue weighted by Crippen LogP contribution is -2.03. The maximum atomic E-state index is 10.9. The molecule has 0 fully saturated rings. The van der Waals surface area contributed by atoms with Gasteiger partial charge in [0, 0.05) is 6.42 Å². The van der Waals surface area contributed by atoms with Crippen molar-refractivity contribution in [3.8, 4) is 11.5 Å². The first-order valence-electron chi connectivity index (χ1n) is 6.38. The quantitative estimate of drug-likeness (QED) is 0.884. The van der Waals surface area contributed by atoms with Crippen molar-refractivity contribution in [3.63, 3.8) is 0 Å². The molecule has 0 spiro atoms. The van der Waals surface area contributed by atoms with E-state index in [1.165, 1.54) is 18.2 Å². The van der Waals surface area contributed by atoms with E-state index in [4.69, 9.17) is 26.2 Å². The van der Waals surface area contributed by atoms with Crippen LogP contribution in [0.25, 0.3) is 0 Å². The van der Waals surface area contributed by atoms with Crippen molar-refractivity contribution in [1.82, 2.24) is 0 Å². The molecule has 110 valence electrons. The zero-order chi connectivity index (χ0) is 15.2. The van der Waals surface area contributed by atoms with Crippen molar-refractivity contribution in [2.24, 2.45) is 0 Å². The maximum absolute atomic E-state index is 10.9. The zero-order valence-corrected chi connectivity index (χ0v) is 12.3. The van der Waals surface area contributed by atoms with Crippen LogP contribution in [0.5, 0.6) is 11.5 Å². The first-order valence-corrected chi connectivity index (χ1v) is 6.76. The van der Waals surface area contributed by atoms with Gasteiger partial charge in [-0.15, -0.1) is 0 Å². The summed E-state index contributed by atoms with van der Waals surface area (Å²) in [6, 6.07) is 12.1. The summed E-state index contributed by atoms with van der Waals surface area (Å²) in [6.45, 7) is 0.399. The molecular weight excluding hydrogens is 292 g/mol. The number of methoxy groups -OCH3 is 1. The number of halogens is 1. The van der Waals surface area contributed by atoms with Crippen LogP contribution in [-0.2, 0) is 6.42 Å². The lowest BCUT2D eigenvalue weighted by atomic mass is 10.1. The summed E-state index contributed by atoms with van der Waals surface area (Å²) in [6.07, 6.45) is 0.671. The molecule has 0 unspecified atom stereocenters. The summed E-state index contributed by atoms with van der Waals surface area (Å²) in [5, 5.41) is 9.34. The first kappa shape index (κ1) is 15.2. The highest BCUT2D eigenvalue weighted by Crippen LogP contribution is 2.26. The molecule has 0 bridgehead atoms. The second-order valence-electron chi connectivity index (χ2n) is 4.40. The number of benzene rings is 2. The third-order valence-electron chi connectivity index (χ3n) is 2.96. The molecule has 0 saturated heterocycles. The van der Waals surface area contributed by atoms with Crippen LogP contribution in [0, 0.1) is 0 Å². The van der Waals surface area contributed by atoms with Crippen LogP contribution in [0.4, 0.5) is 0 Å². The number of carboxylic acids is 1. The molecule has 0 aliphatic heterocycles. The van der Waals surface area contributed by atoms with Crippen LogP contribution >= 0.6 is 11.6 Å². The highest BCUT2D eigenvalue weighted by atomic mass is 35.5. The van der Waals surface area contributed by atoms with E-state index in [-0.39, 0.29) is 5.56 Å². The number of carboxylic acid groups (broad SMARTS) is 1. The van der Waals surface area contributed by atoms with Crippen molar-refractivity contribution < 1.29 is 19.4 Å². The molecular formula is C16H15ClO4. The summed E-state index contributed by atoms with van der Waals surface area (Å²) >= 11 is 5.99. The van der Waals surface area contributed by atoms with Crippen LogP contribution in [0.3, 0.4) is 0 Å². The molecule has 0 aliphatic rings. The minimum absolute atomic E-state index is 0.149. The second kappa shape index (κ2) is 6.99. The molecule has 2 aromatic rings. The minimum atomic E-state index is -1.01. The second-order valence-corrected chi connectivity index (χ2v) is 4.81. The molecule has 4 nitrogen and oxygen atoms in total. The Balaban J connectivity index is 1.99. The number of hydrogen-bond donors (Lipinski definition) is 1. The molecule has 0 amide bonds. The summed E-state index contributed by atoms with van der Waals surface area (Å²) in [5.74, 6) is 0.155.